The molecule has 0 aliphatic heterocycles. The molecule has 0 N–H and O–H groups in total. The molecular formula is C20H26F6O6S2Zr. The molecule has 0 aromatic rings. The van der Waals surface area contributed by atoms with Crippen molar-refractivity contribution in [3.8, 4) is 0 Å². The molecule has 35 heavy (non-hydrogen) atoms. The Morgan fingerprint density at radius 2 is 0.800 bits per heavy atom. The summed E-state index contributed by atoms with van der Waals surface area (Å²) in [6, 6.07) is 0. The Bertz CT molecular complexity index is 980. The molecule has 2 aliphatic carbocycles. The van der Waals surface area contributed by atoms with E-state index in [1.54, 1.807) is 0 Å². The molecule has 0 radical (unpaired) electrons. The maximum Gasteiger partial charge on any atom is 4.00 e. The summed E-state index contributed by atoms with van der Waals surface area (Å²) >= 11 is 0. The summed E-state index contributed by atoms with van der Waals surface area (Å²) in [5, 5.41) is 0. The first-order valence-corrected chi connectivity index (χ1v) is 12.2. The summed E-state index contributed by atoms with van der Waals surface area (Å²) in [6.07, 6.45) is 6.72. The monoisotopic (exact) mass is 630 g/mol. The van der Waals surface area contributed by atoms with Crippen molar-refractivity contribution in [2.75, 3.05) is 0 Å². The maximum atomic E-state index is 10.7. The van der Waals surface area contributed by atoms with Gasteiger partial charge < -0.3 is 9.11 Å². The van der Waals surface area contributed by atoms with E-state index in [9.17, 15) is 26.3 Å². The Hall–Kier alpha value is -0.757. The Kier molecular flexibility index (Phi) is 15.8. The van der Waals surface area contributed by atoms with Crippen LogP contribution in [0, 0.1) is 24.0 Å². The van der Waals surface area contributed by atoms with Crippen LogP contribution in [0.2, 0.25) is 0 Å². The predicted molar refractivity (Wildman–Crippen MR) is 111 cm³/mol. The minimum atomic E-state index is -6.09. The average Bonchev–Trinajstić information content (AvgIpc) is 2.96. The van der Waals surface area contributed by atoms with E-state index in [4.69, 9.17) is 25.9 Å². The molecule has 2 atom stereocenters. The number of hydrogen-bond acceptors (Lipinski definition) is 6. The van der Waals surface area contributed by atoms with E-state index in [0.29, 0.717) is 11.8 Å². The van der Waals surface area contributed by atoms with Crippen LogP contribution in [0.4, 0.5) is 26.3 Å². The second kappa shape index (κ2) is 14.3. The molecular weight excluding hydrogens is 606 g/mol. The quantitative estimate of drug-likeness (QED) is 0.150. The molecule has 15 heteroatoms. The zero-order valence-electron chi connectivity index (χ0n) is 20.2. The van der Waals surface area contributed by atoms with Gasteiger partial charge in [0.25, 0.3) is 0 Å². The number of hydrogen-bond donors (Lipinski definition) is 0. The van der Waals surface area contributed by atoms with E-state index in [1.165, 1.54) is 33.4 Å². The van der Waals surface area contributed by atoms with Gasteiger partial charge in [-0.05, 0) is 0 Å². The van der Waals surface area contributed by atoms with Crippen molar-refractivity contribution in [3.63, 3.8) is 0 Å². The van der Waals surface area contributed by atoms with Crippen LogP contribution in [-0.2, 0) is 46.4 Å². The number of alkyl halides is 6. The molecule has 0 saturated carbocycles. The van der Waals surface area contributed by atoms with E-state index in [0.717, 1.165) is 0 Å². The molecule has 0 fully saturated rings. The fourth-order valence-corrected chi connectivity index (χ4v) is 2.32. The third-order valence-corrected chi connectivity index (χ3v) is 6.17. The van der Waals surface area contributed by atoms with Crippen LogP contribution < -0.4 is 0 Å². The van der Waals surface area contributed by atoms with Gasteiger partial charge in [0, 0.05) is 0 Å². The van der Waals surface area contributed by atoms with Crippen LogP contribution in [-0.4, -0.2) is 37.0 Å². The van der Waals surface area contributed by atoms with Crippen molar-refractivity contribution in [1.29, 1.82) is 0 Å². The molecule has 0 amide bonds. The van der Waals surface area contributed by atoms with E-state index >= 15 is 0 Å². The van der Waals surface area contributed by atoms with Gasteiger partial charge in [0.05, 0.1) is 0 Å². The smallest absolute Gasteiger partial charge is 0.741 e. The van der Waals surface area contributed by atoms with Gasteiger partial charge >= 0.3 is 37.2 Å². The molecule has 0 saturated heterocycles. The molecule has 6 nitrogen and oxygen atoms in total. The number of halogens is 6. The van der Waals surface area contributed by atoms with Crippen LogP contribution in [0.5, 0.6) is 0 Å². The van der Waals surface area contributed by atoms with Gasteiger partial charge in [0.2, 0.25) is 0 Å². The SMILES string of the molecule is CC1=[C-]C(C)C(C)=C1C.CC1=[C-]C(C)C(C)=C1C.O=S(=O)([O-])C(F)(F)F.O=S(=O)([O-])C(F)(F)F.[Zr+4]. The Balaban J connectivity index is -0.000000387. The molecule has 0 aromatic heterocycles. The van der Waals surface area contributed by atoms with Crippen LogP contribution in [0.3, 0.4) is 0 Å². The van der Waals surface area contributed by atoms with Crippen molar-refractivity contribution >= 4 is 20.2 Å². The predicted octanol–water partition coefficient (Wildman–Crippen LogP) is 5.54. The van der Waals surface area contributed by atoms with Gasteiger partial charge in [-0.25, -0.2) is 28.0 Å². The third kappa shape index (κ3) is 13.4. The zero-order valence-corrected chi connectivity index (χ0v) is 24.3. The van der Waals surface area contributed by atoms with Crippen molar-refractivity contribution in [3.05, 3.63) is 45.6 Å². The Morgan fingerprint density at radius 3 is 0.829 bits per heavy atom. The van der Waals surface area contributed by atoms with Crippen molar-refractivity contribution in [1.82, 2.24) is 0 Å². The zero-order chi connectivity index (χ0) is 28.0. The van der Waals surface area contributed by atoms with E-state index in [2.05, 4.69) is 67.5 Å². The number of rotatable bonds is 0. The first-order chi connectivity index (χ1) is 14.8. The van der Waals surface area contributed by atoms with Crippen LogP contribution in [0.1, 0.15) is 55.4 Å². The minimum Gasteiger partial charge on any atom is -0.741 e. The summed E-state index contributed by atoms with van der Waals surface area (Å²) in [4.78, 5) is 0. The molecule has 0 bridgehead atoms. The second-order valence-electron chi connectivity index (χ2n) is 7.40. The van der Waals surface area contributed by atoms with Gasteiger partial charge in [-0.2, -0.15) is 48.6 Å². The maximum absolute atomic E-state index is 10.7. The fraction of sp³-hybridized carbons (Fsp3) is 0.600. The van der Waals surface area contributed by atoms with Gasteiger partial charge in [-0.3, -0.25) is 12.2 Å². The molecule has 0 heterocycles. The second-order valence-corrected chi connectivity index (χ2v) is 10.1. The van der Waals surface area contributed by atoms with Crippen molar-refractivity contribution < 1.29 is 78.5 Å². The van der Waals surface area contributed by atoms with Crippen molar-refractivity contribution in [2.24, 2.45) is 11.8 Å². The molecule has 200 valence electrons. The largest absolute Gasteiger partial charge is 4.00 e. The molecule has 0 spiro atoms. The average molecular weight is 632 g/mol. The molecule has 2 aliphatic rings. The van der Waals surface area contributed by atoms with Gasteiger partial charge in [-0.15, -0.1) is 13.8 Å². The first kappa shape index (κ1) is 38.8. The number of allylic oxidation sites excluding steroid dienone is 8. The van der Waals surface area contributed by atoms with E-state index in [1.807, 2.05) is 0 Å². The standard InChI is InChI=1S/2C9H13.2CHF3O3S.Zr/c2*1-6-5-7(2)9(4)8(6)3;2*2-1(3,4)8(5,6)7;/h2*6H,1-4H3;2*(H,5,6,7);/q2*-1;;;+4/p-2. The van der Waals surface area contributed by atoms with Crippen LogP contribution in [0.15, 0.2) is 33.4 Å². The van der Waals surface area contributed by atoms with Crippen molar-refractivity contribution in [2.45, 2.75) is 66.4 Å². The Labute approximate surface area is 221 Å². The summed E-state index contributed by atoms with van der Waals surface area (Å²) in [6.45, 7) is 17.3. The van der Waals surface area contributed by atoms with Gasteiger partial charge in [0.15, 0.2) is 20.2 Å². The Morgan fingerprint density at radius 1 is 0.629 bits per heavy atom. The summed E-state index contributed by atoms with van der Waals surface area (Å²) in [5.74, 6) is 1.12. The topological polar surface area (TPSA) is 114 Å². The minimum absolute atomic E-state index is 0. The molecule has 2 rings (SSSR count). The van der Waals surface area contributed by atoms with E-state index < -0.39 is 31.3 Å². The van der Waals surface area contributed by atoms with Gasteiger partial charge in [0.1, 0.15) is 0 Å². The van der Waals surface area contributed by atoms with Crippen LogP contribution in [0.25, 0.3) is 0 Å². The first-order valence-electron chi connectivity index (χ1n) is 9.35. The fourth-order valence-electron chi connectivity index (χ4n) is 2.32. The third-order valence-electron chi connectivity index (χ3n) is 5.04. The normalized spacial score (nSPS) is 20.3. The summed E-state index contributed by atoms with van der Waals surface area (Å²) in [5.41, 5.74) is -2.80. The van der Waals surface area contributed by atoms with Gasteiger partial charge in [-0.1, -0.05) is 53.4 Å². The summed E-state index contributed by atoms with van der Waals surface area (Å²) < 4.78 is 118. The molecule has 0 aromatic carbocycles. The summed E-state index contributed by atoms with van der Waals surface area (Å²) in [7, 11) is -12.2. The van der Waals surface area contributed by atoms with E-state index in [-0.39, 0.29) is 26.2 Å². The molecule has 2 unspecified atom stereocenters. The van der Waals surface area contributed by atoms with Crippen LogP contribution >= 0.6 is 0 Å².